The van der Waals surface area contributed by atoms with Gasteiger partial charge in [-0.3, -0.25) is 19.3 Å². The van der Waals surface area contributed by atoms with E-state index in [2.05, 4.69) is 18.4 Å². The van der Waals surface area contributed by atoms with Crippen LogP contribution in [-0.2, 0) is 16.0 Å². The highest BCUT2D eigenvalue weighted by Gasteiger charge is 2.35. The highest BCUT2D eigenvalue weighted by molar-refractivity contribution is 6.22. The second-order valence-electron chi connectivity index (χ2n) is 8.99. The van der Waals surface area contributed by atoms with Gasteiger partial charge in [0.1, 0.15) is 0 Å². The number of ketones is 1. The maximum absolute atomic E-state index is 12.7. The Morgan fingerprint density at radius 2 is 1.71 bits per heavy atom. The van der Waals surface area contributed by atoms with Crippen LogP contribution in [0.15, 0.2) is 24.3 Å². The number of methoxy groups -OCH3 is 1. The molecular formula is C26H32N2O6. The van der Waals surface area contributed by atoms with Gasteiger partial charge in [-0.1, -0.05) is 13.8 Å². The summed E-state index contributed by atoms with van der Waals surface area (Å²) in [5.41, 5.74) is 2.92. The maximum atomic E-state index is 12.7. The van der Waals surface area contributed by atoms with E-state index >= 15 is 0 Å². The zero-order chi connectivity index (χ0) is 25.0. The van der Waals surface area contributed by atoms with E-state index < -0.39 is 18.5 Å². The van der Waals surface area contributed by atoms with E-state index in [1.54, 1.807) is 7.11 Å². The number of carbonyl (C=O) groups excluding carboxylic acids is 4. The molecular weight excluding hydrogens is 436 g/mol. The molecule has 0 saturated carbocycles. The van der Waals surface area contributed by atoms with Crippen LogP contribution in [0, 0.1) is 19.8 Å². The summed E-state index contributed by atoms with van der Waals surface area (Å²) in [6.45, 7) is 9.25. The smallest absolute Gasteiger partial charge is 0.338 e. The molecule has 1 aliphatic rings. The van der Waals surface area contributed by atoms with Crippen LogP contribution in [0.4, 0.5) is 0 Å². The number of amides is 2. The molecule has 8 nitrogen and oxygen atoms in total. The summed E-state index contributed by atoms with van der Waals surface area (Å²) >= 11 is 0. The number of Topliss-reactive ketones (excluding diaryl/α,β-unsaturated/α-hetero) is 1. The first-order valence-corrected chi connectivity index (χ1v) is 11.5. The van der Waals surface area contributed by atoms with E-state index in [1.807, 2.05) is 19.9 Å². The summed E-state index contributed by atoms with van der Waals surface area (Å²) in [4.78, 5) is 51.6. The van der Waals surface area contributed by atoms with Crippen LogP contribution in [0.5, 0.6) is 0 Å². The van der Waals surface area contributed by atoms with Gasteiger partial charge in [0.05, 0.1) is 16.7 Å². The van der Waals surface area contributed by atoms with Gasteiger partial charge in [0, 0.05) is 43.8 Å². The number of aryl methyl sites for hydroxylation is 1. The van der Waals surface area contributed by atoms with Crippen LogP contribution in [0.1, 0.15) is 79.5 Å². The summed E-state index contributed by atoms with van der Waals surface area (Å²) < 4.78 is 12.3. The molecule has 0 fully saturated rings. The Morgan fingerprint density at radius 1 is 1.00 bits per heavy atom. The van der Waals surface area contributed by atoms with Gasteiger partial charge in [0.25, 0.3) is 11.8 Å². The van der Waals surface area contributed by atoms with Crippen LogP contribution in [0.3, 0.4) is 0 Å². The van der Waals surface area contributed by atoms with E-state index in [9.17, 15) is 19.2 Å². The number of imide groups is 1. The van der Waals surface area contributed by atoms with Crippen molar-refractivity contribution in [1.82, 2.24) is 9.47 Å². The number of hydrogen-bond donors (Lipinski definition) is 0. The summed E-state index contributed by atoms with van der Waals surface area (Å²) in [5.74, 6) is -1.29. The second-order valence-corrected chi connectivity index (χ2v) is 8.99. The van der Waals surface area contributed by atoms with Crippen LogP contribution in [0.2, 0.25) is 0 Å². The van der Waals surface area contributed by atoms with Crippen molar-refractivity contribution in [3.63, 3.8) is 0 Å². The van der Waals surface area contributed by atoms with Crippen molar-refractivity contribution in [1.29, 1.82) is 0 Å². The third-order valence-electron chi connectivity index (χ3n) is 6.08. The molecule has 0 atom stereocenters. The lowest BCUT2D eigenvalue weighted by molar-refractivity contribution is 0.0474. The first-order valence-electron chi connectivity index (χ1n) is 11.5. The predicted molar refractivity (Wildman–Crippen MR) is 126 cm³/mol. The third-order valence-corrected chi connectivity index (χ3v) is 6.08. The fourth-order valence-electron chi connectivity index (χ4n) is 4.09. The Bertz CT molecular complexity index is 1110. The lowest BCUT2D eigenvalue weighted by atomic mass is 10.1. The first-order chi connectivity index (χ1) is 16.1. The molecule has 0 aliphatic carbocycles. The molecule has 182 valence electrons. The molecule has 0 N–H and O–H groups in total. The molecule has 3 rings (SSSR count). The minimum atomic E-state index is -0.720. The fraction of sp³-hybridized carbons (Fsp3) is 0.462. The average molecular weight is 469 g/mol. The average Bonchev–Trinajstić information content (AvgIpc) is 3.22. The summed E-state index contributed by atoms with van der Waals surface area (Å²) in [6, 6.07) is 6.07. The highest BCUT2D eigenvalue weighted by atomic mass is 16.5. The molecule has 0 bridgehead atoms. The van der Waals surface area contributed by atoms with Gasteiger partial charge in [0.2, 0.25) is 5.78 Å². The van der Waals surface area contributed by atoms with Crippen molar-refractivity contribution in [2.45, 2.75) is 47.1 Å². The van der Waals surface area contributed by atoms with Crippen molar-refractivity contribution in [2.75, 3.05) is 26.9 Å². The van der Waals surface area contributed by atoms with Crippen molar-refractivity contribution < 1.29 is 28.7 Å². The number of ether oxygens (including phenoxy) is 2. The molecule has 2 amide bonds. The Morgan fingerprint density at radius 3 is 2.38 bits per heavy atom. The van der Waals surface area contributed by atoms with Crippen LogP contribution in [0.25, 0.3) is 0 Å². The zero-order valence-corrected chi connectivity index (χ0v) is 20.5. The van der Waals surface area contributed by atoms with E-state index in [1.165, 1.54) is 18.2 Å². The number of nitrogens with zero attached hydrogens (tertiary/aromatic N) is 2. The van der Waals surface area contributed by atoms with Gasteiger partial charge in [0.15, 0.2) is 6.61 Å². The molecule has 1 aliphatic heterocycles. The monoisotopic (exact) mass is 468 g/mol. The van der Waals surface area contributed by atoms with Gasteiger partial charge in [-0.25, -0.2) is 4.79 Å². The quantitative estimate of drug-likeness (QED) is 0.215. The fourth-order valence-corrected chi connectivity index (χ4v) is 4.09. The number of rotatable bonds is 11. The summed E-state index contributed by atoms with van der Waals surface area (Å²) in [6.07, 6.45) is 1.53. The zero-order valence-electron chi connectivity index (χ0n) is 20.5. The first kappa shape index (κ1) is 25.4. The largest absolute Gasteiger partial charge is 0.454 e. The minimum Gasteiger partial charge on any atom is -0.454 e. The van der Waals surface area contributed by atoms with E-state index in [0.29, 0.717) is 24.5 Å². The SMILES string of the molecule is COCCCN1C(=O)c2ccc(C(=O)OCC(=O)c3cc(C)n(CCC(C)C)c3C)cc2C1=O. The standard InChI is InChI=1S/C26H32N2O6/c1-16(2)9-11-27-17(3)13-21(18(27)4)23(29)15-34-26(32)19-7-8-20-22(14-19)25(31)28(24(20)30)10-6-12-33-5/h7-8,13-14,16H,6,9-12,15H2,1-5H3. The molecule has 34 heavy (non-hydrogen) atoms. The van der Waals surface area contributed by atoms with Crippen LogP contribution >= 0.6 is 0 Å². The molecule has 1 aromatic heterocycles. The Labute approximate surface area is 199 Å². The Kier molecular flexibility index (Phi) is 8.04. The predicted octanol–water partition coefficient (Wildman–Crippen LogP) is 3.82. The number of fused-ring (bicyclic) bond motifs is 1. The minimum absolute atomic E-state index is 0.119. The topological polar surface area (TPSA) is 94.9 Å². The van der Waals surface area contributed by atoms with Crippen LogP contribution < -0.4 is 0 Å². The van der Waals surface area contributed by atoms with Crippen molar-refractivity contribution >= 4 is 23.6 Å². The molecule has 2 aromatic rings. The van der Waals surface area contributed by atoms with E-state index in [4.69, 9.17) is 9.47 Å². The summed E-state index contributed by atoms with van der Waals surface area (Å²) in [5, 5.41) is 0. The van der Waals surface area contributed by atoms with Gasteiger partial charge in [-0.05, 0) is 56.9 Å². The van der Waals surface area contributed by atoms with Crippen molar-refractivity contribution in [3.05, 3.63) is 57.9 Å². The van der Waals surface area contributed by atoms with Gasteiger partial charge in [-0.2, -0.15) is 0 Å². The Hall–Kier alpha value is -3.26. The highest BCUT2D eigenvalue weighted by Crippen LogP contribution is 2.25. The Balaban J connectivity index is 1.66. The molecule has 8 heteroatoms. The lowest BCUT2D eigenvalue weighted by Crippen LogP contribution is -2.31. The molecule has 0 saturated heterocycles. The molecule has 1 aromatic carbocycles. The number of aromatic nitrogens is 1. The van der Waals surface area contributed by atoms with E-state index in [0.717, 1.165) is 29.3 Å². The van der Waals surface area contributed by atoms with E-state index in [-0.39, 0.29) is 34.9 Å². The number of benzene rings is 1. The molecule has 0 radical (unpaired) electrons. The van der Waals surface area contributed by atoms with Crippen molar-refractivity contribution in [2.24, 2.45) is 5.92 Å². The summed E-state index contributed by atoms with van der Waals surface area (Å²) in [7, 11) is 1.55. The third kappa shape index (κ3) is 5.28. The van der Waals surface area contributed by atoms with Gasteiger partial charge < -0.3 is 14.0 Å². The van der Waals surface area contributed by atoms with Gasteiger partial charge in [-0.15, -0.1) is 0 Å². The molecule has 2 heterocycles. The normalized spacial score (nSPS) is 13.1. The van der Waals surface area contributed by atoms with Gasteiger partial charge >= 0.3 is 5.97 Å². The number of hydrogen-bond acceptors (Lipinski definition) is 6. The maximum Gasteiger partial charge on any atom is 0.338 e. The lowest BCUT2D eigenvalue weighted by Gasteiger charge is -2.12. The second kappa shape index (κ2) is 10.8. The van der Waals surface area contributed by atoms with Crippen molar-refractivity contribution in [3.8, 4) is 0 Å². The number of carbonyl (C=O) groups is 4. The molecule has 0 unspecified atom stereocenters. The van der Waals surface area contributed by atoms with Crippen LogP contribution in [-0.4, -0.2) is 59.9 Å². The molecule has 0 spiro atoms. The number of esters is 1.